The number of benzene rings is 1. The van der Waals surface area contributed by atoms with Gasteiger partial charge in [0.05, 0.1) is 0 Å². The third-order valence-corrected chi connectivity index (χ3v) is 3.41. The highest BCUT2D eigenvalue weighted by atomic mass is 15.2. The van der Waals surface area contributed by atoms with Crippen LogP contribution in [0.3, 0.4) is 0 Å². The number of anilines is 2. The molecule has 2 rings (SSSR count). The van der Waals surface area contributed by atoms with E-state index in [0.29, 0.717) is 0 Å². The smallest absolute Gasteiger partial charge is 0.135 e. The Morgan fingerprint density at radius 1 is 1.15 bits per heavy atom. The average molecular weight is 269 g/mol. The Bertz CT molecular complexity index is 561. The predicted molar refractivity (Wildman–Crippen MR) is 85.6 cm³/mol. The minimum absolute atomic E-state index is 0.852. The summed E-state index contributed by atoms with van der Waals surface area (Å²) in [6.45, 7) is 8.14. The van der Waals surface area contributed by atoms with Crippen LogP contribution in [0.4, 0.5) is 11.5 Å². The lowest BCUT2D eigenvalue weighted by Gasteiger charge is -2.24. The quantitative estimate of drug-likeness (QED) is 0.899. The van der Waals surface area contributed by atoms with E-state index in [1.54, 1.807) is 0 Å². The van der Waals surface area contributed by atoms with Crippen molar-refractivity contribution in [3.63, 3.8) is 0 Å². The number of rotatable bonds is 5. The second-order valence-corrected chi connectivity index (χ2v) is 5.09. The van der Waals surface area contributed by atoms with Crippen molar-refractivity contribution in [2.75, 3.05) is 18.5 Å². The first kappa shape index (κ1) is 14.5. The summed E-state index contributed by atoms with van der Waals surface area (Å²) in [5, 5.41) is 3.16. The van der Waals surface area contributed by atoms with Crippen molar-refractivity contribution in [3.05, 3.63) is 53.2 Å². The van der Waals surface area contributed by atoms with E-state index in [1.165, 1.54) is 22.4 Å². The first-order valence-electron chi connectivity index (χ1n) is 7.10. The molecule has 0 radical (unpaired) electrons. The van der Waals surface area contributed by atoms with E-state index < -0.39 is 0 Å². The van der Waals surface area contributed by atoms with Crippen LogP contribution >= 0.6 is 0 Å². The summed E-state index contributed by atoms with van der Waals surface area (Å²) in [6.07, 6.45) is 1.95. The van der Waals surface area contributed by atoms with Crippen molar-refractivity contribution in [2.45, 2.75) is 27.3 Å². The van der Waals surface area contributed by atoms with E-state index in [0.717, 1.165) is 18.9 Å². The van der Waals surface area contributed by atoms with Gasteiger partial charge in [-0.15, -0.1) is 0 Å². The third kappa shape index (κ3) is 3.17. The average Bonchev–Trinajstić information content (AvgIpc) is 2.44. The van der Waals surface area contributed by atoms with Crippen LogP contribution in [0.15, 0.2) is 36.5 Å². The summed E-state index contributed by atoms with van der Waals surface area (Å²) >= 11 is 0. The van der Waals surface area contributed by atoms with Crippen molar-refractivity contribution in [2.24, 2.45) is 0 Å². The SMILES string of the molecule is CCN(c1ccc(C)cc1)c1ncc(CNC)cc1C. The van der Waals surface area contributed by atoms with Gasteiger partial charge in [-0.2, -0.15) is 0 Å². The van der Waals surface area contributed by atoms with Crippen LogP contribution < -0.4 is 10.2 Å². The molecular formula is C17H23N3. The highest BCUT2D eigenvalue weighted by Crippen LogP contribution is 2.26. The standard InChI is InChI=1S/C17H23N3/c1-5-20(16-8-6-13(2)7-9-16)17-14(3)10-15(11-18-4)12-19-17/h6-10,12,18H,5,11H2,1-4H3. The zero-order chi connectivity index (χ0) is 14.5. The van der Waals surface area contributed by atoms with Gasteiger partial charge in [-0.25, -0.2) is 4.98 Å². The number of nitrogens with zero attached hydrogens (tertiary/aromatic N) is 2. The molecule has 2 aromatic rings. The molecule has 1 aromatic carbocycles. The molecular weight excluding hydrogens is 246 g/mol. The first-order valence-corrected chi connectivity index (χ1v) is 7.10. The predicted octanol–water partition coefficient (Wildman–Crippen LogP) is 3.58. The lowest BCUT2D eigenvalue weighted by molar-refractivity contribution is 0.810. The van der Waals surface area contributed by atoms with Crippen LogP contribution in [0.5, 0.6) is 0 Å². The molecule has 0 aliphatic heterocycles. The molecule has 1 N–H and O–H groups in total. The summed E-state index contributed by atoms with van der Waals surface area (Å²) in [7, 11) is 1.95. The van der Waals surface area contributed by atoms with E-state index in [2.05, 4.69) is 66.3 Å². The van der Waals surface area contributed by atoms with E-state index in [-0.39, 0.29) is 0 Å². The molecule has 1 heterocycles. The highest BCUT2D eigenvalue weighted by molar-refractivity contribution is 5.63. The highest BCUT2D eigenvalue weighted by Gasteiger charge is 2.11. The van der Waals surface area contributed by atoms with Crippen LogP contribution in [0.2, 0.25) is 0 Å². The molecule has 0 saturated carbocycles. The molecule has 0 saturated heterocycles. The van der Waals surface area contributed by atoms with E-state index in [1.807, 2.05) is 13.2 Å². The van der Waals surface area contributed by atoms with E-state index in [9.17, 15) is 0 Å². The minimum atomic E-state index is 0.852. The molecule has 0 bridgehead atoms. The summed E-state index contributed by atoms with van der Waals surface area (Å²) < 4.78 is 0. The number of hydrogen-bond acceptors (Lipinski definition) is 3. The maximum atomic E-state index is 4.65. The fraction of sp³-hybridized carbons (Fsp3) is 0.353. The number of aromatic nitrogens is 1. The monoisotopic (exact) mass is 269 g/mol. The van der Waals surface area contributed by atoms with Crippen molar-refractivity contribution >= 4 is 11.5 Å². The second kappa shape index (κ2) is 6.53. The van der Waals surface area contributed by atoms with Crippen LogP contribution in [0.25, 0.3) is 0 Å². The molecule has 0 fully saturated rings. The fourth-order valence-corrected chi connectivity index (χ4v) is 2.39. The topological polar surface area (TPSA) is 28.2 Å². The maximum Gasteiger partial charge on any atom is 0.135 e. The number of aryl methyl sites for hydroxylation is 2. The Morgan fingerprint density at radius 3 is 2.40 bits per heavy atom. The van der Waals surface area contributed by atoms with Crippen LogP contribution in [0.1, 0.15) is 23.6 Å². The Kier molecular flexibility index (Phi) is 4.74. The molecule has 3 nitrogen and oxygen atoms in total. The molecule has 0 unspecified atom stereocenters. The summed E-state index contributed by atoms with van der Waals surface area (Å²) in [4.78, 5) is 6.90. The summed E-state index contributed by atoms with van der Waals surface area (Å²) in [5.74, 6) is 1.04. The van der Waals surface area contributed by atoms with Gasteiger partial charge in [0.2, 0.25) is 0 Å². The minimum Gasteiger partial charge on any atom is -0.326 e. The normalized spacial score (nSPS) is 10.6. The second-order valence-electron chi connectivity index (χ2n) is 5.09. The van der Waals surface area contributed by atoms with Gasteiger partial charge in [0.25, 0.3) is 0 Å². The molecule has 0 amide bonds. The van der Waals surface area contributed by atoms with Crippen molar-refractivity contribution in [3.8, 4) is 0 Å². The Hall–Kier alpha value is -1.87. The lowest BCUT2D eigenvalue weighted by Crippen LogP contribution is -2.19. The molecule has 0 atom stereocenters. The Morgan fingerprint density at radius 2 is 1.85 bits per heavy atom. The van der Waals surface area contributed by atoms with Gasteiger partial charge >= 0.3 is 0 Å². The van der Waals surface area contributed by atoms with Gasteiger partial charge in [-0.05, 0) is 57.1 Å². The van der Waals surface area contributed by atoms with Gasteiger partial charge < -0.3 is 10.2 Å². The van der Waals surface area contributed by atoms with Crippen molar-refractivity contribution in [1.29, 1.82) is 0 Å². The Labute approximate surface area is 121 Å². The summed E-state index contributed by atoms with van der Waals surface area (Å²) in [6, 6.07) is 10.8. The van der Waals surface area contributed by atoms with Gasteiger partial charge in [-0.1, -0.05) is 17.7 Å². The lowest BCUT2D eigenvalue weighted by atomic mass is 10.1. The first-order chi connectivity index (χ1) is 9.65. The van der Waals surface area contributed by atoms with Crippen LogP contribution in [-0.4, -0.2) is 18.6 Å². The van der Waals surface area contributed by atoms with Crippen molar-refractivity contribution < 1.29 is 0 Å². The molecule has 20 heavy (non-hydrogen) atoms. The largest absolute Gasteiger partial charge is 0.326 e. The van der Waals surface area contributed by atoms with Gasteiger partial charge in [0, 0.05) is 25.0 Å². The molecule has 3 heteroatoms. The van der Waals surface area contributed by atoms with Crippen molar-refractivity contribution in [1.82, 2.24) is 10.3 Å². The van der Waals surface area contributed by atoms with Crippen LogP contribution in [0, 0.1) is 13.8 Å². The van der Waals surface area contributed by atoms with Gasteiger partial charge in [-0.3, -0.25) is 0 Å². The zero-order valence-electron chi connectivity index (χ0n) is 12.8. The molecule has 0 aliphatic carbocycles. The number of nitrogens with one attached hydrogen (secondary N) is 1. The third-order valence-electron chi connectivity index (χ3n) is 3.41. The van der Waals surface area contributed by atoms with Gasteiger partial charge in [0.15, 0.2) is 0 Å². The summed E-state index contributed by atoms with van der Waals surface area (Å²) in [5.41, 5.74) is 4.89. The Balaban J connectivity index is 2.34. The maximum absolute atomic E-state index is 4.65. The molecule has 0 aliphatic rings. The number of pyridine rings is 1. The van der Waals surface area contributed by atoms with E-state index in [4.69, 9.17) is 0 Å². The molecule has 0 spiro atoms. The molecule has 106 valence electrons. The molecule has 1 aromatic heterocycles. The number of hydrogen-bond donors (Lipinski definition) is 1. The zero-order valence-corrected chi connectivity index (χ0v) is 12.8. The van der Waals surface area contributed by atoms with E-state index >= 15 is 0 Å². The fourth-order valence-electron chi connectivity index (χ4n) is 2.39. The van der Waals surface area contributed by atoms with Gasteiger partial charge in [0.1, 0.15) is 5.82 Å². The van der Waals surface area contributed by atoms with Crippen LogP contribution in [-0.2, 0) is 6.54 Å².